The molecule has 0 aliphatic carbocycles. The van der Waals surface area contributed by atoms with E-state index in [0.717, 1.165) is 17.7 Å². The zero-order valence-corrected chi connectivity index (χ0v) is 14.7. The van der Waals surface area contributed by atoms with E-state index >= 15 is 0 Å². The van der Waals surface area contributed by atoms with Crippen LogP contribution in [0, 0.1) is 11.3 Å². The lowest BCUT2D eigenvalue weighted by Crippen LogP contribution is -2.24. The van der Waals surface area contributed by atoms with Crippen LogP contribution in [0.15, 0.2) is 51.8 Å². The van der Waals surface area contributed by atoms with E-state index in [-0.39, 0.29) is 22.3 Å². The van der Waals surface area contributed by atoms with Crippen molar-refractivity contribution in [2.45, 2.75) is 6.54 Å². The van der Waals surface area contributed by atoms with Gasteiger partial charge in [0.05, 0.1) is 4.47 Å². The number of benzene rings is 2. The van der Waals surface area contributed by atoms with Gasteiger partial charge in [0, 0.05) is 6.54 Å². The highest BCUT2D eigenvalue weighted by atomic mass is 79.9. The number of aromatic hydroxyl groups is 2. The highest BCUT2D eigenvalue weighted by molar-refractivity contribution is 9.10. The van der Waals surface area contributed by atoms with Crippen LogP contribution in [0.2, 0.25) is 0 Å². The summed E-state index contributed by atoms with van der Waals surface area (Å²) < 4.78 is 27.0. The van der Waals surface area contributed by atoms with Crippen molar-refractivity contribution in [2.24, 2.45) is 0 Å². The van der Waals surface area contributed by atoms with Crippen LogP contribution in [-0.4, -0.2) is 18.6 Å². The zero-order valence-electron chi connectivity index (χ0n) is 12.3. The van der Waals surface area contributed by atoms with Crippen molar-refractivity contribution in [3.8, 4) is 17.6 Å². The van der Waals surface area contributed by atoms with Crippen molar-refractivity contribution in [3.05, 3.63) is 63.0 Å². The molecule has 0 atom stereocenters. The maximum absolute atomic E-state index is 12.3. The minimum atomic E-state index is -4.01. The van der Waals surface area contributed by atoms with Gasteiger partial charge in [0.25, 0.3) is 10.0 Å². The van der Waals surface area contributed by atoms with E-state index in [0.29, 0.717) is 0 Å². The molecule has 0 aliphatic rings. The van der Waals surface area contributed by atoms with Gasteiger partial charge in [0.2, 0.25) is 0 Å². The molecule has 0 unspecified atom stereocenters. The first-order chi connectivity index (χ1) is 11.3. The molecule has 0 amide bonds. The molecule has 2 aromatic carbocycles. The molecule has 124 valence electrons. The first-order valence-corrected chi connectivity index (χ1v) is 8.98. The fourth-order valence-electron chi connectivity index (χ4n) is 1.86. The molecule has 0 bridgehead atoms. The van der Waals surface area contributed by atoms with Crippen molar-refractivity contribution in [1.82, 2.24) is 4.72 Å². The average molecular weight is 409 g/mol. The molecule has 0 saturated carbocycles. The molecule has 0 saturated heterocycles. The van der Waals surface area contributed by atoms with Crippen molar-refractivity contribution in [3.63, 3.8) is 0 Å². The molecule has 2 aromatic rings. The number of hydrogen-bond donors (Lipinski definition) is 3. The van der Waals surface area contributed by atoms with Crippen molar-refractivity contribution in [2.75, 3.05) is 0 Å². The molecule has 0 aliphatic heterocycles. The summed E-state index contributed by atoms with van der Waals surface area (Å²) in [4.78, 5) is -0.504. The zero-order chi connectivity index (χ0) is 17.7. The summed E-state index contributed by atoms with van der Waals surface area (Å²) in [5, 5.41) is 28.2. The second-order valence-corrected chi connectivity index (χ2v) is 7.39. The third-order valence-electron chi connectivity index (χ3n) is 3.07. The Bertz CT molecular complexity index is 896. The molecule has 0 fully saturated rings. The van der Waals surface area contributed by atoms with Crippen LogP contribution in [0.5, 0.6) is 11.5 Å². The summed E-state index contributed by atoms with van der Waals surface area (Å²) in [6.45, 7) is 0.0483. The number of nitrogens with zero attached hydrogens (tertiary/aromatic N) is 1. The Labute approximate surface area is 147 Å². The molecule has 0 spiro atoms. The molecule has 2 rings (SSSR count). The standard InChI is InChI=1S/C16H13BrN2O4S/c17-14-7-12(8-15(20)16(14)21)6-13(9-18)24(22,23)19-10-11-4-2-1-3-5-11/h1-8,19-21H,10H2. The summed E-state index contributed by atoms with van der Waals surface area (Å²) in [6, 6.07) is 13.1. The molecule has 0 heterocycles. The van der Waals surface area contributed by atoms with E-state index in [1.807, 2.05) is 6.07 Å². The SMILES string of the molecule is N#CC(=Cc1cc(O)c(O)c(Br)c1)S(=O)(=O)NCc1ccccc1. The second kappa shape index (κ2) is 7.49. The molecule has 0 aromatic heterocycles. The maximum atomic E-state index is 12.3. The predicted octanol–water partition coefficient (Wildman–Crippen LogP) is 2.84. The molecular formula is C16H13BrN2O4S. The molecule has 8 heteroatoms. The van der Waals surface area contributed by atoms with E-state index in [4.69, 9.17) is 5.26 Å². The van der Waals surface area contributed by atoms with Gasteiger partial charge in [-0.15, -0.1) is 0 Å². The van der Waals surface area contributed by atoms with Gasteiger partial charge in [-0.3, -0.25) is 0 Å². The van der Waals surface area contributed by atoms with Crippen LogP contribution in [-0.2, 0) is 16.6 Å². The molecular weight excluding hydrogens is 396 g/mol. The summed E-state index contributed by atoms with van der Waals surface area (Å²) in [7, 11) is -4.01. The van der Waals surface area contributed by atoms with E-state index < -0.39 is 20.7 Å². The van der Waals surface area contributed by atoms with E-state index in [1.54, 1.807) is 30.3 Å². The molecule has 6 nitrogen and oxygen atoms in total. The number of hydrogen-bond acceptors (Lipinski definition) is 5. The van der Waals surface area contributed by atoms with E-state index in [9.17, 15) is 18.6 Å². The van der Waals surface area contributed by atoms with Gasteiger partial charge in [0.15, 0.2) is 16.4 Å². The molecule has 3 N–H and O–H groups in total. The third-order valence-corrected chi connectivity index (χ3v) is 4.99. The van der Waals surface area contributed by atoms with Crippen LogP contribution >= 0.6 is 15.9 Å². The molecule has 0 radical (unpaired) electrons. The third kappa shape index (κ3) is 4.35. The highest BCUT2D eigenvalue weighted by Gasteiger charge is 2.18. The van der Waals surface area contributed by atoms with Crippen LogP contribution in [0.1, 0.15) is 11.1 Å². The molecule has 24 heavy (non-hydrogen) atoms. The summed E-state index contributed by atoms with van der Waals surface area (Å²) in [5.74, 6) is -0.793. The van der Waals surface area contributed by atoms with E-state index in [1.165, 1.54) is 6.07 Å². The van der Waals surface area contributed by atoms with Crippen molar-refractivity contribution < 1.29 is 18.6 Å². The summed E-state index contributed by atoms with van der Waals surface area (Å²) in [5.41, 5.74) is 1.00. The number of nitriles is 1. The fraction of sp³-hybridized carbons (Fsp3) is 0.0625. The summed E-state index contributed by atoms with van der Waals surface area (Å²) >= 11 is 3.03. The largest absolute Gasteiger partial charge is 0.504 e. The van der Waals surface area contributed by atoms with Crippen LogP contribution in [0.4, 0.5) is 0 Å². The Morgan fingerprint density at radius 1 is 1.25 bits per heavy atom. The number of phenolic OH excluding ortho intramolecular Hbond substituents is 2. The van der Waals surface area contributed by atoms with Gasteiger partial charge in [-0.2, -0.15) is 5.26 Å². The number of nitrogens with one attached hydrogen (secondary N) is 1. The van der Waals surface area contributed by atoms with Gasteiger partial charge in [0.1, 0.15) is 6.07 Å². The average Bonchev–Trinajstić information content (AvgIpc) is 2.56. The Morgan fingerprint density at radius 3 is 2.50 bits per heavy atom. The lowest BCUT2D eigenvalue weighted by molar-refractivity contribution is 0.401. The summed E-state index contributed by atoms with van der Waals surface area (Å²) in [6.07, 6.45) is 1.11. The minimum absolute atomic E-state index is 0.0483. The monoisotopic (exact) mass is 408 g/mol. The van der Waals surface area contributed by atoms with Crippen LogP contribution in [0.25, 0.3) is 6.08 Å². The van der Waals surface area contributed by atoms with Gasteiger partial charge >= 0.3 is 0 Å². The Hall–Kier alpha value is -2.34. The highest BCUT2D eigenvalue weighted by Crippen LogP contribution is 2.35. The number of allylic oxidation sites excluding steroid dienone is 1. The topological polar surface area (TPSA) is 110 Å². The number of halogens is 1. The quantitative estimate of drug-likeness (QED) is 0.520. The van der Waals surface area contributed by atoms with Gasteiger partial charge in [-0.05, 0) is 45.3 Å². The minimum Gasteiger partial charge on any atom is -0.504 e. The number of phenols is 2. The second-order valence-electron chi connectivity index (χ2n) is 4.80. The smallest absolute Gasteiger partial charge is 0.251 e. The van der Waals surface area contributed by atoms with Crippen LogP contribution < -0.4 is 4.72 Å². The number of sulfonamides is 1. The predicted molar refractivity (Wildman–Crippen MR) is 93.3 cm³/mol. The Kier molecular flexibility index (Phi) is 5.62. The Morgan fingerprint density at radius 2 is 1.92 bits per heavy atom. The lowest BCUT2D eigenvalue weighted by Gasteiger charge is -2.07. The first-order valence-electron chi connectivity index (χ1n) is 6.70. The maximum Gasteiger partial charge on any atom is 0.251 e. The van der Waals surface area contributed by atoms with Gasteiger partial charge < -0.3 is 10.2 Å². The van der Waals surface area contributed by atoms with Gasteiger partial charge in [-0.1, -0.05) is 30.3 Å². The number of rotatable bonds is 5. The van der Waals surface area contributed by atoms with E-state index in [2.05, 4.69) is 20.7 Å². The van der Waals surface area contributed by atoms with Crippen LogP contribution in [0.3, 0.4) is 0 Å². The van der Waals surface area contributed by atoms with Crippen molar-refractivity contribution in [1.29, 1.82) is 5.26 Å². The Balaban J connectivity index is 2.28. The van der Waals surface area contributed by atoms with Crippen molar-refractivity contribution >= 4 is 32.0 Å². The van der Waals surface area contributed by atoms with Gasteiger partial charge in [-0.25, -0.2) is 13.1 Å². The normalized spacial score (nSPS) is 11.9. The fourth-order valence-corrected chi connectivity index (χ4v) is 3.25. The first kappa shape index (κ1) is 18.0. The lowest BCUT2D eigenvalue weighted by atomic mass is 10.2.